The normalized spacial score (nSPS) is 10.3. The highest BCUT2D eigenvalue weighted by Crippen LogP contribution is 2.13. The van der Waals surface area contributed by atoms with Gasteiger partial charge in [-0.25, -0.2) is 0 Å². The van der Waals surface area contributed by atoms with E-state index in [4.69, 9.17) is 10.2 Å². The summed E-state index contributed by atoms with van der Waals surface area (Å²) in [6.45, 7) is 1.42. The molecule has 82 valence electrons. The first-order valence-corrected chi connectivity index (χ1v) is 4.99. The lowest BCUT2D eigenvalue weighted by Crippen LogP contribution is -1.98. The molecule has 0 aliphatic carbocycles. The smallest absolute Gasteiger partial charge is 0.130 e. The first-order chi connectivity index (χ1) is 7.17. The van der Waals surface area contributed by atoms with Gasteiger partial charge < -0.3 is 15.0 Å². The zero-order valence-electron chi connectivity index (χ0n) is 8.86. The van der Waals surface area contributed by atoms with Crippen LogP contribution in [0.3, 0.4) is 0 Å². The van der Waals surface area contributed by atoms with Gasteiger partial charge in [-0.05, 0) is 30.0 Å². The second-order valence-corrected chi connectivity index (χ2v) is 3.62. The monoisotopic (exact) mass is 208 g/mol. The van der Waals surface area contributed by atoms with Gasteiger partial charge in [0.15, 0.2) is 0 Å². The molecule has 3 nitrogen and oxygen atoms in total. The highest BCUT2D eigenvalue weighted by atomic mass is 16.3. The van der Waals surface area contributed by atoms with Gasteiger partial charge in [-0.3, -0.25) is 0 Å². The minimum atomic E-state index is -0.0796. The maximum Gasteiger partial charge on any atom is 0.130 e. The molecule has 0 unspecified atom stereocenters. The van der Waals surface area contributed by atoms with Gasteiger partial charge in [0.2, 0.25) is 0 Å². The Bertz CT molecular complexity index is 345. The van der Waals surface area contributed by atoms with Gasteiger partial charge >= 0.3 is 0 Å². The van der Waals surface area contributed by atoms with Gasteiger partial charge in [0.25, 0.3) is 0 Å². The van der Waals surface area contributed by atoms with Crippen LogP contribution in [0.4, 0.5) is 0 Å². The van der Waals surface area contributed by atoms with Crippen LogP contribution in [0.25, 0.3) is 0 Å². The first kappa shape index (κ1) is 11.9. The third kappa shape index (κ3) is 3.46. The molecule has 0 radical (unpaired) electrons. The number of aryl methyl sites for hydroxylation is 1. The molecular formula is C12H16O3. The summed E-state index contributed by atoms with van der Waals surface area (Å²) < 4.78 is 0. The van der Waals surface area contributed by atoms with E-state index in [1.165, 1.54) is 0 Å². The van der Waals surface area contributed by atoms with E-state index in [2.05, 4.69) is 0 Å². The van der Waals surface area contributed by atoms with Crippen molar-refractivity contribution < 1.29 is 15.0 Å². The van der Waals surface area contributed by atoms with E-state index in [0.717, 1.165) is 16.7 Å². The van der Waals surface area contributed by atoms with Crippen LogP contribution in [0.1, 0.15) is 30.0 Å². The number of Topliss-reactive ketones (excluding diaryl/α,β-unsaturated/α-hetero) is 1. The minimum absolute atomic E-state index is 0.0666. The Morgan fingerprint density at radius 1 is 1.20 bits per heavy atom. The lowest BCUT2D eigenvalue weighted by molar-refractivity contribution is -0.116. The third-order valence-electron chi connectivity index (χ3n) is 2.38. The van der Waals surface area contributed by atoms with Gasteiger partial charge in [0.1, 0.15) is 5.78 Å². The highest BCUT2D eigenvalue weighted by Gasteiger charge is 2.03. The molecule has 0 saturated heterocycles. The summed E-state index contributed by atoms with van der Waals surface area (Å²) in [5.41, 5.74) is 2.49. The van der Waals surface area contributed by atoms with Crippen LogP contribution in [0, 0.1) is 0 Å². The van der Waals surface area contributed by atoms with Gasteiger partial charge in [0, 0.05) is 6.42 Å². The fraction of sp³-hybridized carbons (Fsp3) is 0.417. The first-order valence-electron chi connectivity index (χ1n) is 4.99. The summed E-state index contributed by atoms with van der Waals surface area (Å²) in [6, 6.07) is 5.52. The number of carbonyl (C=O) groups is 1. The third-order valence-corrected chi connectivity index (χ3v) is 2.38. The standard InChI is InChI=1S/C12H16O3/c1-9(15)2-3-10-4-5-11(7-13)12(6-10)8-14/h4-6,13-14H,2-3,7-8H2,1H3. The number of hydrogen-bond donors (Lipinski definition) is 2. The largest absolute Gasteiger partial charge is 0.392 e. The summed E-state index contributed by atoms with van der Waals surface area (Å²) in [5.74, 6) is 0.159. The lowest BCUT2D eigenvalue weighted by atomic mass is 10.0. The number of aliphatic hydroxyl groups excluding tert-OH is 2. The molecule has 0 fully saturated rings. The molecule has 0 atom stereocenters. The molecular weight excluding hydrogens is 192 g/mol. The molecule has 1 rings (SSSR count). The molecule has 0 heterocycles. The number of aliphatic hydroxyl groups is 2. The Balaban J connectivity index is 2.78. The molecule has 0 aromatic heterocycles. The zero-order valence-corrected chi connectivity index (χ0v) is 8.86. The van der Waals surface area contributed by atoms with Crippen molar-refractivity contribution in [1.29, 1.82) is 0 Å². The predicted molar refractivity (Wildman–Crippen MR) is 57.3 cm³/mol. The summed E-state index contributed by atoms with van der Waals surface area (Å²) in [7, 11) is 0. The Morgan fingerprint density at radius 3 is 2.40 bits per heavy atom. The molecule has 1 aromatic carbocycles. The van der Waals surface area contributed by atoms with E-state index < -0.39 is 0 Å². The van der Waals surface area contributed by atoms with E-state index in [-0.39, 0.29) is 19.0 Å². The molecule has 0 spiro atoms. The van der Waals surface area contributed by atoms with Gasteiger partial charge in [-0.1, -0.05) is 18.2 Å². The molecule has 0 saturated carbocycles. The molecule has 0 aliphatic rings. The van der Waals surface area contributed by atoms with Crippen molar-refractivity contribution in [3.8, 4) is 0 Å². The quantitative estimate of drug-likeness (QED) is 0.764. The van der Waals surface area contributed by atoms with Crippen LogP contribution in [-0.4, -0.2) is 16.0 Å². The Morgan fingerprint density at radius 2 is 1.87 bits per heavy atom. The number of benzene rings is 1. The van der Waals surface area contributed by atoms with Crippen molar-refractivity contribution in [2.75, 3.05) is 0 Å². The number of rotatable bonds is 5. The predicted octanol–water partition coefficient (Wildman–Crippen LogP) is 1.19. The maximum atomic E-state index is 10.8. The molecule has 3 heteroatoms. The Kier molecular flexibility index (Phi) is 4.46. The van der Waals surface area contributed by atoms with E-state index in [0.29, 0.717) is 12.8 Å². The summed E-state index contributed by atoms with van der Waals surface area (Å²) in [5, 5.41) is 18.1. The molecule has 0 aliphatic heterocycles. The van der Waals surface area contributed by atoms with Gasteiger partial charge in [-0.15, -0.1) is 0 Å². The molecule has 2 N–H and O–H groups in total. The second-order valence-electron chi connectivity index (χ2n) is 3.62. The van der Waals surface area contributed by atoms with Crippen molar-refractivity contribution in [3.05, 3.63) is 34.9 Å². The molecule has 0 amide bonds. The van der Waals surface area contributed by atoms with E-state index in [9.17, 15) is 4.79 Å². The van der Waals surface area contributed by atoms with Crippen LogP contribution < -0.4 is 0 Å². The number of ketones is 1. The van der Waals surface area contributed by atoms with Gasteiger partial charge in [0.05, 0.1) is 13.2 Å². The van der Waals surface area contributed by atoms with Crippen LogP contribution in [0.5, 0.6) is 0 Å². The van der Waals surface area contributed by atoms with Crippen LogP contribution in [0.2, 0.25) is 0 Å². The van der Waals surface area contributed by atoms with Crippen LogP contribution >= 0.6 is 0 Å². The van der Waals surface area contributed by atoms with E-state index in [1.54, 1.807) is 13.0 Å². The fourth-order valence-corrected chi connectivity index (χ4v) is 1.46. The SMILES string of the molecule is CC(=O)CCc1ccc(CO)c(CO)c1. The van der Waals surface area contributed by atoms with Crippen LogP contribution in [0.15, 0.2) is 18.2 Å². The van der Waals surface area contributed by atoms with Crippen molar-refractivity contribution in [3.63, 3.8) is 0 Å². The number of carbonyl (C=O) groups excluding carboxylic acids is 1. The van der Waals surface area contributed by atoms with E-state index >= 15 is 0 Å². The van der Waals surface area contributed by atoms with Crippen molar-refractivity contribution >= 4 is 5.78 Å². The molecule has 15 heavy (non-hydrogen) atoms. The molecule has 0 bridgehead atoms. The zero-order chi connectivity index (χ0) is 11.3. The molecule has 1 aromatic rings. The fourth-order valence-electron chi connectivity index (χ4n) is 1.46. The van der Waals surface area contributed by atoms with Crippen LogP contribution in [-0.2, 0) is 24.4 Å². The second kappa shape index (κ2) is 5.63. The minimum Gasteiger partial charge on any atom is -0.392 e. The lowest BCUT2D eigenvalue weighted by Gasteiger charge is -2.07. The van der Waals surface area contributed by atoms with Crippen molar-refractivity contribution in [2.45, 2.75) is 33.0 Å². The Labute approximate surface area is 89.4 Å². The maximum absolute atomic E-state index is 10.8. The van der Waals surface area contributed by atoms with Crippen molar-refractivity contribution in [1.82, 2.24) is 0 Å². The summed E-state index contributed by atoms with van der Waals surface area (Å²) in [6.07, 6.45) is 1.21. The van der Waals surface area contributed by atoms with Gasteiger partial charge in [-0.2, -0.15) is 0 Å². The Hall–Kier alpha value is -1.19. The average Bonchev–Trinajstić information content (AvgIpc) is 2.25. The average molecular weight is 208 g/mol. The topological polar surface area (TPSA) is 57.5 Å². The van der Waals surface area contributed by atoms with E-state index in [1.807, 2.05) is 12.1 Å². The summed E-state index contributed by atoms with van der Waals surface area (Å²) >= 11 is 0. The summed E-state index contributed by atoms with van der Waals surface area (Å²) in [4.78, 5) is 10.8. The highest BCUT2D eigenvalue weighted by molar-refractivity contribution is 5.75. The number of hydrogen-bond acceptors (Lipinski definition) is 3. The van der Waals surface area contributed by atoms with Crippen molar-refractivity contribution in [2.24, 2.45) is 0 Å².